The van der Waals surface area contributed by atoms with Crippen molar-refractivity contribution in [3.63, 3.8) is 0 Å². The molecule has 0 aliphatic carbocycles. The first-order valence-corrected chi connectivity index (χ1v) is 6.14. The molecule has 0 amide bonds. The zero-order chi connectivity index (χ0) is 13.4. The fourth-order valence-electron chi connectivity index (χ4n) is 2.51. The summed E-state index contributed by atoms with van der Waals surface area (Å²) < 4.78 is 5.40. The molecule has 0 aliphatic rings. The SMILES string of the molecule is COc1c(C)cc(-c2ncnc3[nH]ccc23)cc1C. The maximum absolute atomic E-state index is 5.40. The summed E-state index contributed by atoms with van der Waals surface area (Å²) in [5.74, 6) is 0.933. The van der Waals surface area contributed by atoms with Crippen molar-refractivity contribution in [3.8, 4) is 17.0 Å². The summed E-state index contributed by atoms with van der Waals surface area (Å²) in [6.07, 6.45) is 3.47. The van der Waals surface area contributed by atoms with E-state index >= 15 is 0 Å². The number of hydrogen-bond donors (Lipinski definition) is 1. The van der Waals surface area contributed by atoms with Crippen molar-refractivity contribution in [1.29, 1.82) is 0 Å². The van der Waals surface area contributed by atoms with Crippen molar-refractivity contribution in [3.05, 3.63) is 41.9 Å². The lowest BCUT2D eigenvalue weighted by molar-refractivity contribution is 0.408. The molecule has 0 fully saturated rings. The topological polar surface area (TPSA) is 50.8 Å². The Morgan fingerprint density at radius 1 is 1.11 bits per heavy atom. The Labute approximate surface area is 111 Å². The van der Waals surface area contributed by atoms with Gasteiger partial charge in [0.15, 0.2) is 0 Å². The van der Waals surface area contributed by atoms with E-state index in [4.69, 9.17) is 4.74 Å². The average molecular weight is 253 g/mol. The first-order chi connectivity index (χ1) is 9.20. The fourth-order valence-corrected chi connectivity index (χ4v) is 2.51. The number of methoxy groups -OCH3 is 1. The molecule has 2 heterocycles. The van der Waals surface area contributed by atoms with Crippen LogP contribution in [0, 0.1) is 13.8 Å². The number of aromatic nitrogens is 3. The van der Waals surface area contributed by atoms with E-state index in [0.29, 0.717) is 0 Å². The fraction of sp³-hybridized carbons (Fsp3) is 0.200. The van der Waals surface area contributed by atoms with E-state index in [1.807, 2.05) is 26.1 Å². The van der Waals surface area contributed by atoms with Crippen molar-refractivity contribution < 1.29 is 4.74 Å². The van der Waals surface area contributed by atoms with Crippen molar-refractivity contribution in [2.45, 2.75) is 13.8 Å². The molecule has 0 atom stereocenters. The second-order valence-electron chi connectivity index (χ2n) is 4.61. The molecule has 2 aromatic heterocycles. The number of fused-ring (bicyclic) bond motifs is 1. The number of benzene rings is 1. The minimum Gasteiger partial charge on any atom is -0.496 e. The van der Waals surface area contributed by atoms with E-state index in [1.165, 1.54) is 0 Å². The van der Waals surface area contributed by atoms with E-state index in [0.717, 1.165) is 39.2 Å². The highest BCUT2D eigenvalue weighted by atomic mass is 16.5. The summed E-state index contributed by atoms with van der Waals surface area (Å²) in [5, 5.41) is 1.03. The molecular formula is C15H15N3O. The summed E-state index contributed by atoms with van der Waals surface area (Å²) in [7, 11) is 1.70. The molecule has 0 radical (unpaired) electrons. The minimum atomic E-state index is 0.858. The Kier molecular flexibility index (Phi) is 2.71. The number of nitrogens with zero attached hydrogens (tertiary/aromatic N) is 2. The molecule has 3 rings (SSSR count). The van der Waals surface area contributed by atoms with E-state index < -0.39 is 0 Å². The molecule has 0 saturated heterocycles. The van der Waals surface area contributed by atoms with Crippen molar-refractivity contribution in [2.75, 3.05) is 7.11 Å². The standard InChI is InChI=1S/C15H15N3O/c1-9-6-11(7-10(2)14(9)19-3)13-12-4-5-16-15(12)18-8-17-13/h4-8H,1-3H3,(H,16,17,18). The summed E-state index contributed by atoms with van der Waals surface area (Å²) in [6, 6.07) is 6.20. The first-order valence-electron chi connectivity index (χ1n) is 6.14. The zero-order valence-electron chi connectivity index (χ0n) is 11.2. The largest absolute Gasteiger partial charge is 0.496 e. The predicted octanol–water partition coefficient (Wildman–Crippen LogP) is 3.25. The van der Waals surface area contributed by atoms with Gasteiger partial charge in [-0.2, -0.15) is 0 Å². The van der Waals surface area contributed by atoms with Crippen LogP contribution in [0.3, 0.4) is 0 Å². The summed E-state index contributed by atoms with van der Waals surface area (Å²) in [6.45, 7) is 4.09. The highest BCUT2D eigenvalue weighted by Crippen LogP contribution is 2.31. The molecule has 1 N–H and O–H groups in total. The lowest BCUT2D eigenvalue weighted by Gasteiger charge is -2.11. The van der Waals surface area contributed by atoms with Gasteiger partial charge in [-0.3, -0.25) is 0 Å². The van der Waals surface area contributed by atoms with Crippen LogP contribution in [0.25, 0.3) is 22.3 Å². The van der Waals surface area contributed by atoms with Crippen molar-refractivity contribution in [1.82, 2.24) is 15.0 Å². The third-order valence-electron chi connectivity index (χ3n) is 3.29. The zero-order valence-corrected chi connectivity index (χ0v) is 11.2. The Morgan fingerprint density at radius 2 is 1.84 bits per heavy atom. The molecule has 0 aliphatic heterocycles. The molecule has 0 saturated carbocycles. The number of nitrogens with one attached hydrogen (secondary N) is 1. The van der Waals surface area contributed by atoms with E-state index in [-0.39, 0.29) is 0 Å². The highest BCUT2D eigenvalue weighted by Gasteiger charge is 2.11. The highest BCUT2D eigenvalue weighted by molar-refractivity contribution is 5.90. The number of rotatable bonds is 2. The normalized spacial score (nSPS) is 10.9. The lowest BCUT2D eigenvalue weighted by Crippen LogP contribution is -1.94. The maximum atomic E-state index is 5.40. The van der Waals surface area contributed by atoms with Gasteiger partial charge < -0.3 is 9.72 Å². The van der Waals surface area contributed by atoms with Gasteiger partial charge in [0, 0.05) is 17.1 Å². The van der Waals surface area contributed by atoms with Gasteiger partial charge >= 0.3 is 0 Å². The molecule has 19 heavy (non-hydrogen) atoms. The molecule has 4 heteroatoms. The van der Waals surface area contributed by atoms with Crippen LogP contribution in [0.2, 0.25) is 0 Å². The van der Waals surface area contributed by atoms with Gasteiger partial charge in [0.1, 0.15) is 17.7 Å². The van der Waals surface area contributed by atoms with Crippen LogP contribution in [0.5, 0.6) is 5.75 Å². The number of aryl methyl sites for hydroxylation is 2. The maximum Gasteiger partial charge on any atom is 0.141 e. The molecule has 0 spiro atoms. The van der Waals surface area contributed by atoms with Crippen LogP contribution in [0.4, 0.5) is 0 Å². The van der Waals surface area contributed by atoms with Crippen LogP contribution in [-0.4, -0.2) is 22.1 Å². The minimum absolute atomic E-state index is 0.858. The van der Waals surface area contributed by atoms with E-state index in [9.17, 15) is 0 Å². The van der Waals surface area contributed by atoms with Gasteiger partial charge in [0.25, 0.3) is 0 Å². The van der Waals surface area contributed by atoms with Crippen LogP contribution in [0.1, 0.15) is 11.1 Å². The van der Waals surface area contributed by atoms with Crippen molar-refractivity contribution in [2.24, 2.45) is 0 Å². The predicted molar refractivity (Wildman–Crippen MR) is 75.4 cm³/mol. The monoisotopic (exact) mass is 253 g/mol. The number of ether oxygens (including phenoxy) is 1. The van der Waals surface area contributed by atoms with Crippen molar-refractivity contribution >= 4 is 11.0 Å². The molecule has 3 aromatic rings. The second-order valence-corrected chi connectivity index (χ2v) is 4.61. The molecule has 96 valence electrons. The van der Waals surface area contributed by atoms with Gasteiger partial charge in [-0.05, 0) is 43.2 Å². The molecule has 0 unspecified atom stereocenters. The molecule has 0 bridgehead atoms. The average Bonchev–Trinajstić information content (AvgIpc) is 2.86. The van der Waals surface area contributed by atoms with E-state index in [2.05, 4.69) is 27.1 Å². The Hall–Kier alpha value is -2.36. The summed E-state index contributed by atoms with van der Waals surface area (Å²) in [4.78, 5) is 11.7. The van der Waals surface area contributed by atoms with Gasteiger partial charge in [-0.15, -0.1) is 0 Å². The van der Waals surface area contributed by atoms with Gasteiger partial charge in [-0.1, -0.05) is 0 Å². The smallest absolute Gasteiger partial charge is 0.141 e. The first kappa shape index (κ1) is 11.7. The molecule has 1 aromatic carbocycles. The summed E-state index contributed by atoms with van der Waals surface area (Å²) in [5.41, 5.74) is 5.11. The Balaban J connectivity index is 2.25. The number of aromatic amines is 1. The third kappa shape index (κ3) is 1.85. The Morgan fingerprint density at radius 3 is 2.53 bits per heavy atom. The van der Waals surface area contributed by atoms with Crippen LogP contribution in [-0.2, 0) is 0 Å². The third-order valence-corrected chi connectivity index (χ3v) is 3.29. The van der Waals surface area contributed by atoms with Crippen LogP contribution < -0.4 is 4.74 Å². The van der Waals surface area contributed by atoms with Gasteiger partial charge in [0.2, 0.25) is 0 Å². The number of H-pyrrole nitrogens is 1. The van der Waals surface area contributed by atoms with Crippen LogP contribution >= 0.6 is 0 Å². The molecular weight excluding hydrogens is 238 g/mol. The van der Waals surface area contributed by atoms with E-state index in [1.54, 1.807) is 13.4 Å². The quantitative estimate of drug-likeness (QED) is 0.762. The molecule has 4 nitrogen and oxygen atoms in total. The lowest BCUT2D eigenvalue weighted by atomic mass is 10.0. The number of hydrogen-bond acceptors (Lipinski definition) is 3. The van der Waals surface area contributed by atoms with Crippen LogP contribution in [0.15, 0.2) is 30.7 Å². The second kappa shape index (κ2) is 4.39. The van der Waals surface area contributed by atoms with Gasteiger partial charge in [-0.25, -0.2) is 9.97 Å². The Bertz CT molecular complexity index is 723. The summed E-state index contributed by atoms with van der Waals surface area (Å²) >= 11 is 0. The van der Waals surface area contributed by atoms with Gasteiger partial charge in [0.05, 0.1) is 12.8 Å².